The quantitative estimate of drug-likeness (QED) is 0.787. The second-order valence-electron chi connectivity index (χ2n) is 4.25. The van der Waals surface area contributed by atoms with Gasteiger partial charge in [0.15, 0.2) is 0 Å². The van der Waals surface area contributed by atoms with Crippen molar-refractivity contribution in [3.8, 4) is 0 Å². The van der Waals surface area contributed by atoms with Gasteiger partial charge in [0.25, 0.3) is 0 Å². The highest BCUT2D eigenvalue weighted by atomic mass is 35.5. The van der Waals surface area contributed by atoms with Crippen molar-refractivity contribution in [2.45, 2.75) is 32.1 Å². The molecule has 1 aliphatic heterocycles. The van der Waals surface area contributed by atoms with Gasteiger partial charge in [-0.3, -0.25) is 4.79 Å². The number of hydrogen-bond acceptors (Lipinski definition) is 2. The Morgan fingerprint density at radius 1 is 1.47 bits per heavy atom. The van der Waals surface area contributed by atoms with E-state index < -0.39 is 0 Å². The third kappa shape index (κ3) is 6.92. The number of piperidine rings is 1. The van der Waals surface area contributed by atoms with Crippen molar-refractivity contribution in [2.75, 3.05) is 19.6 Å². The molecule has 1 fully saturated rings. The molecule has 1 heterocycles. The number of rotatable bonds is 5. The summed E-state index contributed by atoms with van der Waals surface area (Å²) in [6, 6.07) is 0. The summed E-state index contributed by atoms with van der Waals surface area (Å²) in [5.74, 6) is 0.896. The Morgan fingerprint density at radius 2 is 2.18 bits per heavy atom. The van der Waals surface area contributed by atoms with Gasteiger partial charge in [-0.25, -0.2) is 0 Å². The first-order chi connectivity index (χ1) is 7.27. The number of amides is 1. The van der Waals surface area contributed by atoms with Crippen molar-refractivity contribution in [2.24, 2.45) is 11.7 Å². The summed E-state index contributed by atoms with van der Waals surface area (Å²) in [5.41, 5.74) is 5.54. The van der Waals surface area contributed by atoms with Gasteiger partial charge in [-0.15, -0.1) is 31.4 Å². The molecule has 1 amide bonds. The Morgan fingerprint density at radius 3 is 2.76 bits per heavy atom. The van der Waals surface area contributed by atoms with Crippen LogP contribution in [0.3, 0.4) is 0 Å². The summed E-state index contributed by atoms with van der Waals surface area (Å²) < 4.78 is 0. The van der Waals surface area contributed by atoms with Gasteiger partial charge in [0.05, 0.1) is 0 Å². The fourth-order valence-corrected chi connectivity index (χ4v) is 2.15. The molecule has 0 aromatic carbocycles. The first kappa shape index (κ1) is 19.1. The van der Waals surface area contributed by atoms with Crippen LogP contribution < -0.4 is 5.73 Å². The van der Waals surface area contributed by atoms with Gasteiger partial charge in [0.2, 0.25) is 5.91 Å². The molecular weight excluding hydrogens is 259 g/mol. The fourth-order valence-electron chi connectivity index (χ4n) is 2.15. The number of allylic oxidation sites excluding steroid dienone is 1. The van der Waals surface area contributed by atoms with Gasteiger partial charge >= 0.3 is 0 Å². The van der Waals surface area contributed by atoms with Crippen molar-refractivity contribution >= 4 is 30.7 Å². The van der Waals surface area contributed by atoms with Crippen LogP contribution >= 0.6 is 24.8 Å². The van der Waals surface area contributed by atoms with E-state index in [2.05, 4.69) is 6.58 Å². The normalized spacial score (nSPS) is 18.9. The smallest absolute Gasteiger partial charge is 0.222 e. The van der Waals surface area contributed by atoms with E-state index in [0.717, 1.165) is 38.9 Å². The van der Waals surface area contributed by atoms with E-state index in [0.29, 0.717) is 12.3 Å². The highest BCUT2D eigenvalue weighted by Gasteiger charge is 2.22. The Balaban J connectivity index is 0. The van der Waals surface area contributed by atoms with E-state index in [1.807, 2.05) is 4.90 Å². The highest BCUT2D eigenvalue weighted by Crippen LogP contribution is 2.19. The van der Waals surface area contributed by atoms with E-state index in [-0.39, 0.29) is 30.7 Å². The number of nitrogens with two attached hydrogens (primary N) is 1. The molecule has 0 aromatic rings. The number of halogens is 2. The zero-order valence-corrected chi connectivity index (χ0v) is 11.9. The van der Waals surface area contributed by atoms with Crippen LogP contribution in [0.5, 0.6) is 0 Å². The van der Waals surface area contributed by atoms with Gasteiger partial charge in [0.1, 0.15) is 0 Å². The Labute approximate surface area is 117 Å². The topological polar surface area (TPSA) is 46.3 Å². The van der Waals surface area contributed by atoms with Crippen molar-refractivity contribution in [1.29, 1.82) is 0 Å². The van der Waals surface area contributed by atoms with Crippen LogP contribution in [0.15, 0.2) is 12.7 Å². The minimum atomic E-state index is 0. The number of carbonyl (C=O) groups is 1. The second-order valence-corrected chi connectivity index (χ2v) is 4.25. The van der Waals surface area contributed by atoms with Crippen molar-refractivity contribution in [1.82, 2.24) is 4.90 Å². The molecule has 1 unspecified atom stereocenters. The van der Waals surface area contributed by atoms with E-state index in [1.54, 1.807) is 6.08 Å². The first-order valence-corrected chi connectivity index (χ1v) is 5.86. The molecule has 0 radical (unpaired) electrons. The van der Waals surface area contributed by atoms with Gasteiger partial charge in [-0.2, -0.15) is 0 Å². The minimum absolute atomic E-state index is 0. The molecule has 0 spiro atoms. The molecule has 3 nitrogen and oxygen atoms in total. The second kappa shape index (κ2) is 10.9. The summed E-state index contributed by atoms with van der Waals surface area (Å²) in [5, 5.41) is 0. The summed E-state index contributed by atoms with van der Waals surface area (Å²) in [6.45, 7) is 6.21. The number of carbonyl (C=O) groups excluding carboxylic acids is 1. The molecule has 0 aliphatic carbocycles. The third-order valence-corrected chi connectivity index (χ3v) is 3.01. The summed E-state index contributed by atoms with van der Waals surface area (Å²) >= 11 is 0. The Hall–Kier alpha value is -0.250. The lowest BCUT2D eigenvalue weighted by molar-refractivity contribution is -0.132. The number of hydrogen-bond donors (Lipinski definition) is 1. The maximum atomic E-state index is 11.8. The van der Waals surface area contributed by atoms with Crippen molar-refractivity contribution in [3.05, 3.63) is 12.7 Å². The molecule has 0 saturated carbocycles. The van der Waals surface area contributed by atoms with E-state index in [1.165, 1.54) is 6.42 Å². The van der Waals surface area contributed by atoms with Gasteiger partial charge in [0, 0.05) is 19.5 Å². The lowest BCUT2D eigenvalue weighted by Crippen LogP contribution is -2.40. The molecule has 1 aliphatic rings. The van der Waals surface area contributed by atoms with E-state index in [9.17, 15) is 4.79 Å². The van der Waals surface area contributed by atoms with Gasteiger partial charge in [-0.05, 0) is 38.1 Å². The molecular formula is C12H24Cl2N2O. The minimum Gasteiger partial charge on any atom is -0.342 e. The molecule has 5 heteroatoms. The van der Waals surface area contributed by atoms with Gasteiger partial charge in [-0.1, -0.05) is 6.08 Å². The number of likely N-dealkylation sites (tertiary alicyclic amines) is 1. The average Bonchev–Trinajstić information content (AvgIpc) is 2.27. The standard InChI is InChI=1S/C12H22N2O.2ClH/c1-2-3-6-12(15)14-9-4-5-11(10-14)7-8-13;;/h2,11H,1,3-10,13H2;2*1H. The van der Waals surface area contributed by atoms with E-state index in [4.69, 9.17) is 5.73 Å². The van der Waals surface area contributed by atoms with Crippen molar-refractivity contribution < 1.29 is 4.79 Å². The van der Waals surface area contributed by atoms with Crippen LogP contribution in [0.4, 0.5) is 0 Å². The molecule has 0 bridgehead atoms. The predicted octanol–water partition coefficient (Wildman–Crippen LogP) is 2.38. The lowest BCUT2D eigenvalue weighted by atomic mass is 9.94. The molecule has 0 aromatic heterocycles. The van der Waals surface area contributed by atoms with Crippen LogP contribution in [0, 0.1) is 5.92 Å². The van der Waals surface area contributed by atoms with Crippen LogP contribution in [-0.4, -0.2) is 30.4 Å². The van der Waals surface area contributed by atoms with Gasteiger partial charge < -0.3 is 10.6 Å². The summed E-state index contributed by atoms with van der Waals surface area (Å²) in [4.78, 5) is 13.7. The predicted molar refractivity (Wildman–Crippen MR) is 76.9 cm³/mol. The average molecular weight is 283 g/mol. The van der Waals surface area contributed by atoms with Crippen LogP contribution in [0.25, 0.3) is 0 Å². The molecule has 1 saturated heterocycles. The van der Waals surface area contributed by atoms with Crippen LogP contribution in [-0.2, 0) is 4.79 Å². The monoisotopic (exact) mass is 282 g/mol. The zero-order chi connectivity index (χ0) is 11.1. The molecule has 17 heavy (non-hydrogen) atoms. The zero-order valence-electron chi connectivity index (χ0n) is 10.3. The molecule has 2 N–H and O–H groups in total. The maximum absolute atomic E-state index is 11.8. The largest absolute Gasteiger partial charge is 0.342 e. The fraction of sp³-hybridized carbons (Fsp3) is 0.750. The highest BCUT2D eigenvalue weighted by molar-refractivity contribution is 5.85. The number of nitrogens with zero attached hydrogens (tertiary/aromatic N) is 1. The van der Waals surface area contributed by atoms with Crippen molar-refractivity contribution in [3.63, 3.8) is 0 Å². The Kier molecular flexibility index (Phi) is 12.2. The third-order valence-electron chi connectivity index (χ3n) is 3.01. The SMILES string of the molecule is C=CCCC(=O)N1CCCC(CCN)C1.Cl.Cl. The molecule has 1 atom stereocenters. The summed E-state index contributed by atoms with van der Waals surface area (Å²) in [6.07, 6.45) is 6.60. The molecule has 1 rings (SSSR count). The first-order valence-electron chi connectivity index (χ1n) is 5.86. The van der Waals surface area contributed by atoms with E-state index >= 15 is 0 Å². The summed E-state index contributed by atoms with van der Waals surface area (Å²) in [7, 11) is 0. The Bertz CT molecular complexity index is 223. The lowest BCUT2D eigenvalue weighted by Gasteiger charge is -2.32. The maximum Gasteiger partial charge on any atom is 0.222 e. The van der Waals surface area contributed by atoms with Crippen LogP contribution in [0.2, 0.25) is 0 Å². The van der Waals surface area contributed by atoms with Crippen LogP contribution in [0.1, 0.15) is 32.1 Å². The molecule has 102 valence electrons.